The van der Waals surface area contributed by atoms with Gasteiger partial charge in [0.05, 0.1) is 5.69 Å². The monoisotopic (exact) mass is 454 g/mol. The second-order valence-corrected chi connectivity index (χ2v) is 7.53. The van der Waals surface area contributed by atoms with E-state index >= 15 is 0 Å². The molecule has 11 heteroatoms. The minimum absolute atomic E-state index is 0.150. The number of halogens is 4. The van der Waals surface area contributed by atoms with E-state index in [0.29, 0.717) is 8.78 Å². The Labute approximate surface area is 156 Å². The van der Waals surface area contributed by atoms with E-state index < -0.39 is 28.9 Å². The number of nitrogens with zero attached hydrogens (tertiary/aromatic N) is 2. The van der Waals surface area contributed by atoms with E-state index in [9.17, 15) is 21.6 Å². The van der Waals surface area contributed by atoms with Crippen molar-refractivity contribution in [3.8, 4) is 5.75 Å². The van der Waals surface area contributed by atoms with Crippen molar-refractivity contribution < 1.29 is 31.1 Å². The molecule has 142 valence electrons. The summed E-state index contributed by atoms with van der Waals surface area (Å²) in [4.78, 5) is 3.77. The van der Waals surface area contributed by atoms with E-state index in [1.165, 1.54) is 36.5 Å². The van der Waals surface area contributed by atoms with Crippen molar-refractivity contribution >= 4 is 31.6 Å². The Morgan fingerprint density at radius 3 is 2.54 bits per heavy atom. The van der Waals surface area contributed by atoms with Gasteiger partial charge in [-0.1, -0.05) is 22.0 Å². The molecule has 0 atom stereocenters. The van der Waals surface area contributed by atoms with Crippen LogP contribution in [0.1, 0.15) is 6.92 Å². The van der Waals surface area contributed by atoms with Crippen molar-refractivity contribution in [3.63, 3.8) is 0 Å². The van der Waals surface area contributed by atoms with Crippen LogP contribution in [0.25, 0.3) is 0 Å². The lowest BCUT2D eigenvalue weighted by Gasteiger charge is -2.26. The van der Waals surface area contributed by atoms with Crippen molar-refractivity contribution in [1.82, 2.24) is 4.98 Å². The number of rotatable bonds is 7. The first kappa shape index (κ1) is 20.5. The van der Waals surface area contributed by atoms with Crippen LogP contribution in [0.2, 0.25) is 0 Å². The van der Waals surface area contributed by atoms with E-state index in [1.54, 1.807) is 6.92 Å². The van der Waals surface area contributed by atoms with Crippen LogP contribution in [0.5, 0.6) is 5.75 Å². The Balaban J connectivity index is 2.59. The van der Waals surface area contributed by atoms with E-state index in [0.717, 1.165) is 6.07 Å². The lowest BCUT2D eigenvalue weighted by atomic mass is 10.3. The van der Waals surface area contributed by atoms with Crippen molar-refractivity contribution in [2.75, 3.05) is 17.6 Å². The number of pyridine rings is 1. The van der Waals surface area contributed by atoms with Crippen molar-refractivity contribution in [2.45, 2.75) is 18.3 Å². The van der Waals surface area contributed by atoms with Gasteiger partial charge < -0.3 is 9.47 Å². The Morgan fingerprint density at radius 1 is 1.23 bits per heavy atom. The fraction of sp³-hybridized carbons (Fsp3) is 0.267. The molecule has 26 heavy (non-hydrogen) atoms. The first-order chi connectivity index (χ1) is 12.1. The topological polar surface area (TPSA) is 68.7 Å². The highest BCUT2D eigenvalue weighted by atomic mass is 79.9. The molecule has 0 unspecified atom stereocenters. The van der Waals surface area contributed by atoms with Gasteiger partial charge >= 0.3 is 6.36 Å². The molecule has 0 bridgehead atoms. The van der Waals surface area contributed by atoms with Crippen LogP contribution >= 0.6 is 15.9 Å². The van der Waals surface area contributed by atoms with Gasteiger partial charge in [-0.05, 0) is 37.3 Å². The number of benzene rings is 1. The standard InChI is InChI=1S/C15H14BrF3N2O4S/c1-2-24-10-21(26(22,23)14-5-3-4-8-20-14)12-9-11(16)6-7-13(12)25-15(17,18)19/h3-9H,2,10H2,1H3. The fourth-order valence-electron chi connectivity index (χ4n) is 1.95. The van der Waals surface area contributed by atoms with Crippen LogP contribution in [0.15, 0.2) is 52.1 Å². The van der Waals surface area contributed by atoms with E-state index in [-0.39, 0.29) is 17.3 Å². The van der Waals surface area contributed by atoms with Crippen LogP contribution in [-0.4, -0.2) is 33.1 Å². The van der Waals surface area contributed by atoms with Gasteiger partial charge in [0.25, 0.3) is 10.0 Å². The summed E-state index contributed by atoms with van der Waals surface area (Å²) in [5, 5.41) is -0.336. The van der Waals surface area contributed by atoms with Crippen LogP contribution in [0.4, 0.5) is 18.9 Å². The van der Waals surface area contributed by atoms with E-state index in [1.807, 2.05) is 0 Å². The van der Waals surface area contributed by atoms with Crippen LogP contribution in [0, 0.1) is 0 Å². The fourth-order valence-corrected chi connectivity index (χ4v) is 3.59. The first-order valence-electron chi connectivity index (χ1n) is 7.22. The van der Waals surface area contributed by atoms with E-state index in [4.69, 9.17) is 4.74 Å². The average molecular weight is 455 g/mol. The highest BCUT2D eigenvalue weighted by molar-refractivity contribution is 9.10. The molecule has 0 saturated heterocycles. The summed E-state index contributed by atoms with van der Waals surface area (Å²) in [6.45, 7) is 1.26. The Morgan fingerprint density at radius 2 is 1.96 bits per heavy atom. The average Bonchev–Trinajstić information content (AvgIpc) is 2.57. The van der Waals surface area contributed by atoms with Crippen molar-refractivity contribution in [1.29, 1.82) is 0 Å². The molecule has 0 aliphatic carbocycles. The molecule has 2 aromatic rings. The summed E-state index contributed by atoms with van der Waals surface area (Å²) in [7, 11) is -4.29. The third kappa shape index (κ3) is 5.08. The number of ether oxygens (including phenoxy) is 2. The SMILES string of the molecule is CCOCN(c1cc(Br)ccc1OC(F)(F)F)S(=O)(=O)c1ccccn1. The smallest absolute Gasteiger partial charge is 0.404 e. The summed E-state index contributed by atoms with van der Waals surface area (Å²) < 4.78 is 74.1. The molecule has 0 aliphatic heterocycles. The minimum Gasteiger partial charge on any atom is -0.404 e. The molecule has 0 amide bonds. The molecule has 1 aromatic carbocycles. The van der Waals surface area contributed by atoms with Crippen LogP contribution < -0.4 is 9.04 Å². The van der Waals surface area contributed by atoms with Gasteiger partial charge in [-0.2, -0.15) is 8.42 Å². The number of sulfonamides is 1. The largest absolute Gasteiger partial charge is 0.573 e. The van der Waals surface area contributed by atoms with Crippen LogP contribution in [-0.2, 0) is 14.8 Å². The molecule has 1 heterocycles. The molecule has 0 radical (unpaired) electrons. The molecule has 6 nitrogen and oxygen atoms in total. The molecule has 0 fully saturated rings. The number of hydrogen-bond acceptors (Lipinski definition) is 5. The number of anilines is 1. The van der Waals surface area contributed by atoms with Crippen molar-refractivity contribution in [3.05, 3.63) is 47.1 Å². The van der Waals surface area contributed by atoms with Gasteiger partial charge in [-0.25, -0.2) is 9.29 Å². The van der Waals surface area contributed by atoms with Gasteiger partial charge in [-0.3, -0.25) is 0 Å². The lowest BCUT2D eigenvalue weighted by Crippen LogP contribution is -2.34. The lowest BCUT2D eigenvalue weighted by molar-refractivity contribution is -0.274. The number of hydrogen-bond donors (Lipinski definition) is 0. The quantitative estimate of drug-likeness (QED) is 0.592. The maximum atomic E-state index is 12.9. The maximum Gasteiger partial charge on any atom is 0.573 e. The number of aromatic nitrogens is 1. The van der Waals surface area contributed by atoms with Gasteiger partial charge in [-0.15, -0.1) is 13.2 Å². The predicted octanol–water partition coefficient (Wildman–Crippen LogP) is 3.93. The zero-order valence-corrected chi connectivity index (χ0v) is 15.8. The maximum absolute atomic E-state index is 12.9. The van der Waals surface area contributed by atoms with Crippen molar-refractivity contribution in [2.24, 2.45) is 0 Å². The third-order valence-corrected chi connectivity index (χ3v) is 5.17. The Hall–Kier alpha value is -1.85. The Bertz CT molecular complexity index is 848. The van der Waals surface area contributed by atoms with Gasteiger partial charge in [0.1, 0.15) is 6.73 Å². The Kier molecular flexibility index (Phi) is 6.48. The van der Waals surface area contributed by atoms with Gasteiger partial charge in [0, 0.05) is 17.3 Å². The summed E-state index contributed by atoms with van der Waals surface area (Å²) in [5.74, 6) is -0.681. The number of alkyl halides is 3. The minimum atomic E-state index is -4.99. The molecule has 0 saturated carbocycles. The third-order valence-electron chi connectivity index (χ3n) is 3.02. The molecule has 0 N–H and O–H groups in total. The second kappa shape index (κ2) is 8.23. The molecular weight excluding hydrogens is 441 g/mol. The normalized spacial score (nSPS) is 12.0. The second-order valence-electron chi connectivity index (χ2n) is 4.80. The van der Waals surface area contributed by atoms with Gasteiger partial charge in [0.15, 0.2) is 10.8 Å². The summed E-state index contributed by atoms with van der Waals surface area (Å²) in [6, 6.07) is 7.71. The summed E-state index contributed by atoms with van der Waals surface area (Å²) in [6.07, 6.45) is -3.73. The predicted molar refractivity (Wildman–Crippen MR) is 91.2 cm³/mol. The zero-order chi connectivity index (χ0) is 19.4. The zero-order valence-electron chi connectivity index (χ0n) is 13.4. The molecule has 0 aliphatic rings. The molecule has 1 aromatic heterocycles. The van der Waals surface area contributed by atoms with Gasteiger partial charge in [0.2, 0.25) is 0 Å². The highest BCUT2D eigenvalue weighted by Gasteiger charge is 2.35. The summed E-state index contributed by atoms with van der Waals surface area (Å²) >= 11 is 3.12. The summed E-state index contributed by atoms with van der Waals surface area (Å²) in [5.41, 5.74) is -0.337. The molecule has 2 rings (SSSR count). The molecular formula is C15H14BrF3N2O4S. The highest BCUT2D eigenvalue weighted by Crippen LogP contribution is 2.37. The van der Waals surface area contributed by atoms with E-state index in [2.05, 4.69) is 25.7 Å². The first-order valence-corrected chi connectivity index (χ1v) is 9.45. The van der Waals surface area contributed by atoms with Crippen LogP contribution in [0.3, 0.4) is 0 Å². The molecule has 0 spiro atoms.